The Hall–Kier alpha value is -1.75. The third-order valence-corrected chi connectivity index (χ3v) is 3.15. The fraction of sp³-hybridized carbons (Fsp3) is 0.417. The Bertz CT molecular complexity index is 558. The average molecular weight is 229 g/mol. The first-order valence-corrected chi connectivity index (χ1v) is 5.85. The molecule has 2 aromatic rings. The number of fused-ring (bicyclic) bond motifs is 1. The highest BCUT2D eigenvalue weighted by atomic mass is 15.1. The minimum atomic E-state index is 0.782. The van der Waals surface area contributed by atoms with Crippen LogP contribution in [0, 0.1) is 0 Å². The topological polar surface area (TPSA) is 55.6 Å². The summed E-state index contributed by atoms with van der Waals surface area (Å²) in [5, 5.41) is 3.32. The standard InChI is InChI=1S/C12H15N5/c1-3-9-8-4-13-5-10(8)16-12(15-9)11-6-14-7-17(11)2/h6-7,13H,3-5H2,1-2H3. The van der Waals surface area contributed by atoms with Crippen LogP contribution in [0.25, 0.3) is 11.5 Å². The normalized spacial score (nSPS) is 14.0. The molecule has 0 fully saturated rings. The molecule has 3 heterocycles. The Morgan fingerprint density at radius 2 is 2.24 bits per heavy atom. The monoisotopic (exact) mass is 229 g/mol. The minimum Gasteiger partial charge on any atom is -0.331 e. The average Bonchev–Trinajstić information content (AvgIpc) is 2.95. The highest BCUT2D eigenvalue weighted by Gasteiger charge is 2.19. The van der Waals surface area contributed by atoms with Gasteiger partial charge in [0.05, 0.1) is 18.2 Å². The van der Waals surface area contributed by atoms with Crippen LogP contribution in [0.2, 0.25) is 0 Å². The van der Waals surface area contributed by atoms with Crippen molar-refractivity contribution in [2.75, 3.05) is 0 Å². The van der Waals surface area contributed by atoms with Crippen LogP contribution in [-0.4, -0.2) is 19.5 Å². The van der Waals surface area contributed by atoms with Gasteiger partial charge < -0.3 is 9.88 Å². The van der Waals surface area contributed by atoms with Gasteiger partial charge >= 0.3 is 0 Å². The second-order valence-corrected chi connectivity index (χ2v) is 4.27. The molecular formula is C12H15N5. The molecular weight excluding hydrogens is 214 g/mol. The van der Waals surface area contributed by atoms with E-state index in [-0.39, 0.29) is 0 Å². The Labute approximate surface area is 99.9 Å². The van der Waals surface area contributed by atoms with Gasteiger partial charge in [-0.05, 0) is 6.42 Å². The van der Waals surface area contributed by atoms with Crippen LogP contribution < -0.4 is 5.32 Å². The number of aromatic nitrogens is 4. The minimum absolute atomic E-state index is 0.782. The van der Waals surface area contributed by atoms with Crippen LogP contribution in [-0.2, 0) is 26.6 Å². The summed E-state index contributed by atoms with van der Waals surface area (Å²) in [7, 11) is 1.96. The number of hydrogen-bond donors (Lipinski definition) is 1. The van der Waals surface area contributed by atoms with E-state index in [9.17, 15) is 0 Å². The highest BCUT2D eigenvalue weighted by Crippen LogP contribution is 2.22. The molecule has 2 aromatic heterocycles. The van der Waals surface area contributed by atoms with Gasteiger partial charge in [0.15, 0.2) is 5.82 Å². The Kier molecular flexibility index (Phi) is 2.40. The van der Waals surface area contributed by atoms with Gasteiger partial charge in [-0.2, -0.15) is 0 Å². The quantitative estimate of drug-likeness (QED) is 0.836. The lowest BCUT2D eigenvalue weighted by Gasteiger charge is -2.08. The highest BCUT2D eigenvalue weighted by molar-refractivity contribution is 5.50. The summed E-state index contributed by atoms with van der Waals surface area (Å²) in [5.41, 5.74) is 4.53. The van der Waals surface area contributed by atoms with Crippen molar-refractivity contribution in [3.8, 4) is 11.5 Å². The van der Waals surface area contributed by atoms with Gasteiger partial charge in [-0.25, -0.2) is 15.0 Å². The molecule has 0 aliphatic carbocycles. The van der Waals surface area contributed by atoms with Gasteiger partial charge in [-0.15, -0.1) is 0 Å². The number of hydrogen-bond acceptors (Lipinski definition) is 4. The summed E-state index contributed by atoms with van der Waals surface area (Å²) in [6.45, 7) is 3.87. The van der Waals surface area contributed by atoms with E-state index in [1.807, 2.05) is 17.8 Å². The van der Waals surface area contributed by atoms with Gasteiger partial charge in [0, 0.05) is 31.4 Å². The summed E-state index contributed by atoms with van der Waals surface area (Å²) in [6.07, 6.45) is 4.52. The van der Waals surface area contributed by atoms with Crippen molar-refractivity contribution < 1.29 is 0 Å². The lowest BCUT2D eigenvalue weighted by atomic mass is 10.1. The molecule has 0 radical (unpaired) electrons. The molecule has 0 amide bonds. The molecule has 1 aliphatic heterocycles. The van der Waals surface area contributed by atoms with Gasteiger partial charge in [0.2, 0.25) is 0 Å². The van der Waals surface area contributed by atoms with Crippen LogP contribution in [0.1, 0.15) is 23.9 Å². The van der Waals surface area contributed by atoms with Crippen LogP contribution in [0.15, 0.2) is 12.5 Å². The molecule has 1 N–H and O–H groups in total. The molecule has 0 saturated heterocycles. The summed E-state index contributed by atoms with van der Waals surface area (Å²) in [6, 6.07) is 0. The molecule has 88 valence electrons. The third-order valence-electron chi connectivity index (χ3n) is 3.15. The summed E-state index contributed by atoms with van der Waals surface area (Å²) >= 11 is 0. The van der Waals surface area contributed by atoms with Crippen molar-refractivity contribution in [2.24, 2.45) is 7.05 Å². The van der Waals surface area contributed by atoms with Crippen molar-refractivity contribution in [1.29, 1.82) is 0 Å². The molecule has 0 aromatic carbocycles. The first-order valence-electron chi connectivity index (χ1n) is 5.85. The summed E-state index contributed by atoms with van der Waals surface area (Å²) in [4.78, 5) is 13.4. The van der Waals surface area contributed by atoms with Crippen LogP contribution in [0.5, 0.6) is 0 Å². The van der Waals surface area contributed by atoms with E-state index in [0.717, 1.165) is 42.4 Å². The van der Waals surface area contributed by atoms with Crippen molar-refractivity contribution in [2.45, 2.75) is 26.4 Å². The van der Waals surface area contributed by atoms with E-state index in [1.165, 1.54) is 5.56 Å². The maximum atomic E-state index is 4.65. The largest absolute Gasteiger partial charge is 0.331 e. The first kappa shape index (κ1) is 10.4. The molecule has 0 saturated carbocycles. The second-order valence-electron chi connectivity index (χ2n) is 4.27. The van der Waals surface area contributed by atoms with E-state index in [1.54, 1.807) is 6.33 Å². The molecule has 0 unspecified atom stereocenters. The van der Waals surface area contributed by atoms with Crippen molar-refractivity contribution >= 4 is 0 Å². The Balaban J connectivity index is 2.16. The molecule has 1 aliphatic rings. The van der Waals surface area contributed by atoms with Crippen molar-refractivity contribution in [3.63, 3.8) is 0 Å². The van der Waals surface area contributed by atoms with Crippen molar-refractivity contribution in [1.82, 2.24) is 24.8 Å². The number of nitrogens with zero attached hydrogens (tertiary/aromatic N) is 4. The molecule has 0 spiro atoms. The summed E-state index contributed by atoms with van der Waals surface area (Å²) in [5.74, 6) is 0.782. The fourth-order valence-electron chi connectivity index (χ4n) is 2.22. The lowest BCUT2D eigenvalue weighted by molar-refractivity contribution is 0.755. The Morgan fingerprint density at radius 3 is 2.94 bits per heavy atom. The van der Waals surface area contributed by atoms with Gasteiger partial charge in [-0.1, -0.05) is 6.92 Å². The zero-order valence-electron chi connectivity index (χ0n) is 10.1. The second kappa shape index (κ2) is 3.92. The van der Waals surface area contributed by atoms with Gasteiger partial charge in [0.1, 0.15) is 5.69 Å². The molecule has 0 bridgehead atoms. The zero-order chi connectivity index (χ0) is 11.8. The number of aryl methyl sites for hydroxylation is 2. The number of imidazole rings is 1. The smallest absolute Gasteiger partial charge is 0.178 e. The Morgan fingerprint density at radius 1 is 1.35 bits per heavy atom. The molecule has 5 nitrogen and oxygen atoms in total. The van der Waals surface area contributed by atoms with Crippen LogP contribution in [0.4, 0.5) is 0 Å². The van der Waals surface area contributed by atoms with Crippen molar-refractivity contribution in [3.05, 3.63) is 29.5 Å². The predicted molar refractivity (Wildman–Crippen MR) is 64.2 cm³/mol. The van der Waals surface area contributed by atoms with Gasteiger partial charge in [-0.3, -0.25) is 0 Å². The zero-order valence-corrected chi connectivity index (χ0v) is 10.1. The molecule has 0 atom stereocenters. The van der Waals surface area contributed by atoms with E-state index >= 15 is 0 Å². The van der Waals surface area contributed by atoms with Crippen LogP contribution in [0.3, 0.4) is 0 Å². The molecule has 17 heavy (non-hydrogen) atoms. The maximum Gasteiger partial charge on any atom is 0.178 e. The first-order chi connectivity index (χ1) is 8.29. The van der Waals surface area contributed by atoms with Gasteiger partial charge in [0.25, 0.3) is 0 Å². The van der Waals surface area contributed by atoms with Crippen LogP contribution >= 0.6 is 0 Å². The fourth-order valence-corrected chi connectivity index (χ4v) is 2.22. The summed E-state index contributed by atoms with van der Waals surface area (Å²) < 4.78 is 1.95. The predicted octanol–water partition coefficient (Wildman–Crippen LogP) is 1.04. The van der Waals surface area contributed by atoms with E-state index < -0.39 is 0 Å². The maximum absolute atomic E-state index is 4.65. The molecule has 3 rings (SSSR count). The lowest BCUT2D eigenvalue weighted by Crippen LogP contribution is -2.04. The van der Waals surface area contributed by atoms with E-state index in [4.69, 9.17) is 0 Å². The third kappa shape index (κ3) is 1.63. The van der Waals surface area contributed by atoms with E-state index in [2.05, 4.69) is 27.2 Å². The number of rotatable bonds is 2. The molecule has 5 heteroatoms. The number of nitrogens with one attached hydrogen (secondary N) is 1. The van der Waals surface area contributed by atoms with E-state index in [0.29, 0.717) is 0 Å². The SMILES string of the molecule is CCc1nc(-c2cncn2C)nc2c1CNC2.